The summed E-state index contributed by atoms with van der Waals surface area (Å²) >= 11 is 0. The van der Waals surface area contributed by atoms with Gasteiger partial charge in [-0.05, 0) is 5.41 Å². The number of hydrogen-bond acceptors (Lipinski definition) is 1. The third-order valence-electron chi connectivity index (χ3n) is 0.809. The summed E-state index contributed by atoms with van der Waals surface area (Å²) in [5.74, 6) is 0.0462. The van der Waals surface area contributed by atoms with Crippen molar-refractivity contribution in [2.24, 2.45) is 11.1 Å². The summed E-state index contributed by atoms with van der Waals surface area (Å²) in [4.78, 5) is 0. The van der Waals surface area contributed by atoms with Gasteiger partial charge in [-0.25, -0.2) is 0 Å². The average molecular weight is 129 g/mol. The molecule has 0 aromatic heterocycles. The minimum atomic E-state index is 0.0462. The Morgan fingerprint density at radius 1 is 1.56 bits per heavy atom. The van der Waals surface area contributed by atoms with Crippen molar-refractivity contribution in [3.63, 3.8) is 0 Å². The van der Waals surface area contributed by atoms with E-state index in [4.69, 9.17) is 11.1 Å². The van der Waals surface area contributed by atoms with Crippen molar-refractivity contribution in [1.29, 1.82) is 5.41 Å². The van der Waals surface area contributed by atoms with Gasteiger partial charge in [-0.2, -0.15) is 0 Å². The standard InChI is InChI=1S/C6H15N3/c1-6(2,3)4-9-5(7)8/h4H2,1-3H3,(H4,7,8,9). The Kier molecular flexibility index (Phi) is 2.49. The van der Waals surface area contributed by atoms with Gasteiger partial charge in [0.15, 0.2) is 5.96 Å². The Balaban J connectivity index is 3.39. The van der Waals surface area contributed by atoms with Gasteiger partial charge in [0.2, 0.25) is 0 Å². The first-order valence-corrected chi connectivity index (χ1v) is 3.00. The summed E-state index contributed by atoms with van der Waals surface area (Å²) in [5, 5.41) is 9.59. The summed E-state index contributed by atoms with van der Waals surface area (Å²) in [7, 11) is 0. The van der Waals surface area contributed by atoms with E-state index in [2.05, 4.69) is 26.1 Å². The van der Waals surface area contributed by atoms with Gasteiger partial charge < -0.3 is 11.1 Å². The van der Waals surface area contributed by atoms with E-state index >= 15 is 0 Å². The Bertz CT molecular complexity index is 101. The number of nitrogens with one attached hydrogen (secondary N) is 2. The molecule has 0 saturated heterocycles. The molecule has 0 radical (unpaired) electrons. The van der Waals surface area contributed by atoms with Gasteiger partial charge in [0.25, 0.3) is 0 Å². The van der Waals surface area contributed by atoms with Crippen molar-refractivity contribution in [2.75, 3.05) is 6.54 Å². The fourth-order valence-electron chi connectivity index (χ4n) is 0.360. The van der Waals surface area contributed by atoms with Crippen LogP contribution >= 0.6 is 0 Å². The lowest BCUT2D eigenvalue weighted by Crippen LogP contribution is -2.36. The number of hydrogen-bond donors (Lipinski definition) is 3. The van der Waals surface area contributed by atoms with Gasteiger partial charge in [0.1, 0.15) is 0 Å². The van der Waals surface area contributed by atoms with E-state index in [9.17, 15) is 0 Å². The molecule has 0 spiro atoms. The quantitative estimate of drug-likeness (QED) is 0.357. The van der Waals surface area contributed by atoms with Crippen molar-refractivity contribution >= 4 is 5.96 Å². The second kappa shape index (κ2) is 2.71. The Labute approximate surface area is 56.1 Å². The van der Waals surface area contributed by atoms with Gasteiger partial charge in [-0.15, -0.1) is 0 Å². The molecule has 0 heterocycles. The molecule has 9 heavy (non-hydrogen) atoms. The van der Waals surface area contributed by atoms with E-state index in [1.54, 1.807) is 0 Å². The molecule has 0 aromatic rings. The first-order valence-electron chi connectivity index (χ1n) is 3.00. The van der Waals surface area contributed by atoms with Crippen LogP contribution in [0.4, 0.5) is 0 Å². The van der Waals surface area contributed by atoms with Gasteiger partial charge in [-0.3, -0.25) is 5.41 Å². The largest absolute Gasteiger partial charge is 0.370 e. The number of nitrogens with two attached hydrogens (primary N) is 1. The first kappa shape index (κ1) is 8.27. The summed E-state index contributed by atoms with van der Waals surface area (Å²) < 4.78 is 0. The fourth-order valence-corrected chi connectivity index (χ4v) is 0.360. The normalized spacial score (nSPS) is 11.0. The maximum absolute atomic E-state index is 6.84. The van der Waals surface area contributed by atoms with Gasteiger partial charge in [-0.1, -0.05) is 20.8 Å². The molecule has 0 atom stereocenters. The number of rotatable bonds is 1. The molecule has 3 nitrogen and oxygen atoms in total. The van der Waals surface area contributed by atoms with E-state index in [0.29, 0.717) is 0 Å². The van der Waals surface area contributed by atoms with Crippen molar-refractivity contribution in [2.45, 2.75) is 20.8 Å². The second-order valence-corrected chi connectivity index (χ2v) is 3.33. The zero-order valence-electron chi connectivity index (χ0n) is 6.28. The van der Waals surface area contributed by atoms with Gasteiger partial charge in [0.05, 0.1) is 0 Å². The van der Waals surface area contributed by atoms with E-state index in [1.165, 1.54) is 0 Å². The summed E-state index contributed by atoms with van der Waals surface area (Å²) in [5.41, 5.74) is 5.27. The monoisotopic (exact) mass is 129 g/mol. The van der Waals surface area contributed by atoms with Crippen LogP contribution in [0.25, 0.3) is 0 Å². The van der Waals surface area contributed by atoms with Crippen LogP contribution < -0.4 is 11.1 Å². The van der Waals surface area contributed by atoms with E-state index in [1.807, 2.05) is 0 Å². The Morgan fingerprint density at radius 3 is 2.11 bits per heavy atom. The second-order valence-electron chi connectivity index (χ2n) is 3.33. The lowest BCUT2D eigenvalue weighted by molar-refractivity contribution is 0.408. The Hall–Kier alpha value is -0.730. The van der Waals surface area contributed by atoms with Crippen LogP contribution in [0, 0.1) is 10.8 Å². The van der Waals surface area contributed by atoms with Crippen molar-refractivity contribution < 1.29 is 0 Å². The maximum Gasteiger partial charge on any atom is 0.185 e. The molecule has 0 bridgehead atoms. The summed E-state index contributed by atoms with van der Waals surface area (Å²) in [6, 6.07) is 0. The van der Waals surface area contributed by atoms with E-state index < -0.39 is 0 Å². The molecule has 0 aromatic carbocycles. The van der Waals surface area contributed by atoms with Crippen LogP contribution in [0.1, 0.15) is 20.8 Å². The molecule has 3 heteroatoms. The van der Waals surface area contributed by atoms with E-state index in [-0.39, 0.29) is 11.4 Å². The molecule has 0 rings (SSSR count). The highest BCUT2D eigenvalue weighted by Gasteiger charge is 2.08. The van der Waals surface area contributed by atoms with E-state index in [0.717, 1.165) is 6.54 Å². The summed E-state index contributed by atoms with van der Waals surface area (Å²) in [6.07, 6.45) is 0. The van der Waals surface area contributed by atoms with Gasteiger partial charge in [0, 0.05) is 6.54 Å². The smallest absolute Gasteiger partial charge is 0.185 e. The van der Waals surface area contributed by atoms with Crippen LogP contribution in [0.5, 0.6) is 0 Å². The molecular weight excluding hydrogens is 114 g/mol. The molecule has 0 aliphatic rings. The molecule has 0 unspecified atom stereocenters. The fraction of sp³-hybridized carbons (Fsp3) is 0.833. The molecule has 0 aliphatic carbocycles. The minimum absolute atomic E-state index is 0.0462. The molecule has 0 aliphatic heterocycles. The van der Waals surface area contributed by atoms with Crippen LogP contribution in [0.3, 0.4) is 0 Å². The first-order chi connectivity index (χ1) is 3.92. The zero-order chi connectivity index (χ0) is 7.49. The third kappa shape index (κ3) is 7.27. The molecule has 0 fully saturated rings. The maximum atomic E-state index is 6.84. The number of guanidine groups is 1. The van der Waals surface area contributed by atoms with Crippen LogP contribution in [0.15, 0.2) is 0 Å². The van der Waals surface area contributed by atoms with Crippen LogP contribution in [-0.4, -0.2) is 12.5 Å². The van der Waals surface area contributed by atoms with Crippen molar-refractivity contribution in [3.05, 3.63) is 0 Å². The van der Waals surface area contributed by atoms with Crippen LogP contribution in [0.2, 0.25) is 0 Å². The highest BCUT2D eigenvalue weighted by Crippen LogP contribution is 2.09. The molecular formula is C6H15N3. The predicted octanol–water partition coefficient (Wildman–Crippen LogP) is 0.516. The molecule has 4 N–H and O–H groups in total. The SMILES string of the molecule is CC(C)(C)CNC(=N)N. The zero-order valence-corrected chi connectivity index (χ0v) is 6.28. The third-order valence-corrected chi connectivity index (χ3v) is 0.809. The lowest BCUT2D eigenvalue weighted by Gasteiger charge is -2.18. The highest BCUT2D eigenvalue weighted by molar-refractivity contribution is 5.74. The van der Waals surface area contributed by atoms with Crippen molar-refractivity contribution in [3.8, 4) is 0 Å². The average Bonchev–Trinajstić information content (AvgIpc) is 1.59. The minimum Gasteiger partial charge on any atom is -0.370 e. The van der Waals surface area contributed by atoms with Gasteiger partial charge >= 0.3 is 0 Å². The lowest BCUT2D eigenvalue weighted by atomic mass is 9.97. The molecule has 0 amide bonds. The molecule has 54 valence electrons. The topological polar surface area (TPSA) is 61.9 Å². The summed E-state index contributed by atoms with van der Waals surface area (Å²) in [6.45, 7) is 7.01. The van der Waals surface area contributed by atoms with Crippen LogP contribution in [-0.2, 0) is 0 Å². The molecule has 0 saturated carbocycles. The van der Waals surface area contributed by atoms with Crippen molar-refractivity contribution in [1.82, 2.24) is 5.32 Å². The predicted molar refractivity (Wildman–Crippen MR) is 39.4 cm³/mol. The highest BCUT2D eigenvalue weighted by atomic mass is 15.0. The Morgan fingerprint density at radius 2 is 2.00 bits per heavy atom.